The van der Waals surface area contributed by atoms with Crippen LogP contribution in [0.5, 0.6) is 0 Å². The second-order valence-corrected chi connectivity index (χ2v) is 9.62. The summed E-state index contributed by atoms with van der Waals surface area (Å²) in [5, 5.41) is 3.03. The van der Waals surface area contributed by atoms with Gasteiger partial charge in [-0.3, -0.25) is 0 Å². The van der Waals surface area contributed by atoms with Crippen molar-refractivity contribution in [1.29, 1.82) is 0 Å². The molecule has 1 N–H and O–H groups in total. The Morgan fingerprint density at radius 1 is 1.06 bits per heavy atom. The average Bonchev–Trinajstić information content (AvgIpc) is 3.26. The second-order valence-electron chi connectivity index (χ2n) is 7.64. The number of hydrogen-bond acceptors (Lipinski definition) is 4. The van der Waals surface area contributed by atoms with Crippen molar-refractivity contribution in [2.75, 3.05) is 18.1 Å². The van der Waals surface area contributed by atoms with E-state index in [-0.39, 0.29) is 6.03 Å². The van der Waals surface area contributed by atoms with E-state index in [0.717, 1.165) is 16.7 Å². The van der Waals surface area contributed by atoms with Crippen LogP contribution in [0.4, 0.5) is 10.5 Å². The van der Waals surface area contributed by atoms with E-state index < -0.39 is 10.0 Å². The van der Waals surface area contributed by atoms with Crippen LogP contribution in [0.15, 0.2) is 71.3 Å². The van der Waals surface area contributed by atoms with Crippen LogP contribution in [0, 0.1) is 0 Å². The van der Waals surface area contributed by atoms with Gasteiger partial charge in [0, 0.05) is 25.3 Å². The molecule has 1 aromatic heterocycles. The Hall–Kier alpha value is -3.10. The van der Waals surface area contributed by atoms with Gasteiger partial charge in [-0.2, -0.15) is 4.31 Å². The molecule has 0 aliphatic carbocycles. The Morgan fingerprint density at radius 2 is 1.87 bits per heavy atom. The summed E-state index contributed by atoms with van der Waals surface area (Å²) < 4.78 is 30.7. The zero-order valence-corrected chi connectivity index (χ0v) is 18.1. The number of furan rings is 1. The Kier molecular flexibility index (Phi) is 6.11. The van der Waals surface area contributed by atoms with Gasteiger partial charge in [0.2, 0.25) is 10.0 Å². The summed E-state index contributed by atoms with van der Waals surface area (Å²) in [5.74, 6) is 0.699. The second kappa shape index (κ2) is 8.95. The topological polar surface area (TPSA) is 82.9 Å². The van der Waals surface area contributed by atoms with Gasteiger partial charge >= 0.3 is 6.03 Å². The van der Waals surface area contributed by atoms with Crippen LogP contribution in [-0.4, -0.2) is 36.5 Å². The molecule has 0 saturated heterocycles. The summed E-state index contributed by atoms with van der Waals surface area (Å²) in [7, 11) is -3.25. The molecule has 162 valence electrons. The normalized spacial score (nSPS) is 14.1. The van der Waals surface area contributed by atoms with E-state index in [1.807, 2.05) is 54.6 Å². The number of hydrogen-bond donors (Lipinski definition) is 1. The van der Waals surface area contributed by atoms with Crippen molar-refractivity contribution in [2.24, 2.45) is 0 Å². The molecule has 3 aromatic rings. The third-order valence-electron chi connectivity index (χ3n) is 5.37. The predicted molar refractivity (Wildman–Crippen MR) is 119 cm³/mol. The zero-order chi connectivity index (χ0) is 21.8. The SMILES string of the molecule is CS(=O)(=O)N1CCc2c(cccc2NC(=O)N(Cc2ccccc2)Cc2ccco2)C1. The number of fused-ring (bicyclic) bond motifs is 1. The quantitative estimate of drug-likeness (QED) is 0.633. The van der Waals surface area contributed by atoms with Gasteiger partial charge in [-0.25, -0.2) is 13.2 Å². The van der Waals surface area contributed by atoms with Gasteiger partial charge in [0.1, 0.15) is 5.76 Å². The summed E-state index contributed by atoms with van der Waals surface area (Å²) in [5.41, 5.74) is 3.62. The Balaban J connectivity index is 1.55. The molecule has 31 heavy (non-hydrogen) atoms. The maximum atomic E-state index is 13.2. The van der Waals surface area contributed by atoms with Crippen LogP contribution in [0.25, 0.3) is 0 Å². The van der Waals surface area contributed by atoms with Crippen molar-refractivity contribution in [1.82, 2.24) is 9.21 Å². The van der Waals surface area contributed by atoms with E-state index in [4.69, 9.17) is 4.42 Å². The summed E-state index contributed by atoms with van der Waals surface area (Å²) >= 11 is 0. The van der Waals surface area contributed by atoms with Gasteiger partial charge in [0.15, 0.2) is 0 Å². The van der Waals surface area contributed by atoms with E-state index in [0.29, 0.717) is 44.0 Å². The number of benzene rings is 2. The molecule has 1 aliphatic rings. The maximum absolute atomic E-state index is 13.2. The fraction of sp³-hybridized carbons (Fsp3) is 0.261. The van der Waals surface area contributed by atoms with Crippen molar-refractivity contribution in [3.05, 3.63) is 89.4 Å². The van der Waals surface area contributed by atoms with Crippen molar-refractivity contribution in [3.8, 4) is 0 Å². The summed E-state index contributed by atoms with van der Waals surface area (Å²) in [6.45, 7) is 1.49. The molecule has 2 amide bonds. The number of nitrogens with one attached hydrogen (secondary N) is 1. The fourth-order valence-corrected chi connectivity index (χ4v) is 4.57. The molecule has 8 heteroatoms. The lowest BCUT2D eigenvalue weighted by molar-refractivity contribution is 0.201. The number of sulfonamides is 1. The van der Waals surface area contributed by atoms with Crippen LogP contribution in [-0.2, 0) is 36.1 Å². The smallest absolute Gasteiger partial charge is 0.322 e. The molecule has 0 saturated carbocycles. The molecular formula is C23H25N3O4S. The van der Waals surface area contributed by atoms with E-state index >= 15 is 0 Å². The summed E-state index contributed by atoms with van der Waals surface area (Å²) in [4.78, 5) is 14.9. The monoisotopic (exact) mass is 439 g/mol. The van der Waals surface area contributed by atoms with Gasteiger partial charge < -0.3 is 14.6 Å². The van der Waals surface area contributed by atoms with Gasteiger partial charge in [-0.15, -0.1) is 0 Å². The molecule has 0 spiro atoms. The first kappa shape index (κ1) is 21.1. The highest BCUT2D eigenvalue weighted by Crippen LogP contribution is 2.28. The molecule has 2 heterocycles. The standard InChI is InChI=1S/C23H25N3O4S/c1-31(28,29)26-13-12-21-19(16-26)9-5-11-22(21)24-23(27)25(17-20-10-6-14-30-20)15-18-7-3-2-4-8-18/h2-11,14H,12-13,15-17H2,1H3,(H,24,27). The predicted octanol–water partition coefficient (Wildman–Crippen LogP) is 3.83. The van der Waals surface area contributed by atoms with Crippen molar-refractivity contribution >= 4 is 21.7 Å². The minimum atomic E-state index is -3.25. The van der Waals surface area contributed by atoms with Gasteiger partial charge in [0.25, 0.3) is 0 Å². The number of amides is 2. The molecule has 0 atom stereocenters. The third-order valence-corrected chi connectivity index (χ3v) is 6.62. The molecule has 0 bridgehead atoms. The first-order valence-corrected chi connectivity index (χ1v) is 11.9. The number of carbonyl (C=O) groups is 1. The van der Waals surface area contributed by atoms with Gasteiger partial charge in [-0.05, 0) is 41.3 Å². The minimum absolute atomic E-state index is 0.237. The zero-order valence-electron chi connectivity index (χ0n) is 17.3. The van der Waals surface area contributed by atoms with Gasteiger partial charge in [-0.1, -0.05) is 42.5 Å². The lowest BCUT2D eigenvalue weighted by atomic mass is 9.99. The molecule has 2 aromatic carbocycles. The lowest BCUT2D eigenvalue weighted by Gasteiger charge is -2.29. The Bertz CT molecular complexity index is 1140. The number of urea groups is 1. The van der Waals surface area contributed by atoms with Crippen molar-refractivity contribution < 1.29 is 17.6 Å². The highest BCUT2D eigenvalue weighted by atomic mass is 32.2. The molecular weight excluding hydrogens is 414 g/mol. The number of nitrogens with zero attached hydrogens (tertiary/aromatic N) is 2. The Labute approximate surface area is 182 Å². The van der Waals surface area contributed by atoms with E-state index in [1.54, 1.807) is 17.2 Å². The van der Waals surface area contributed by atoms with Crippen molar-refractivity contribution in [3.63, 3.8) is 0 Å². The summed E-state index contributed by atoms with van der Waals surface area (Å²) in [6, 6.07) is 18.8. The summed E-state index contributed by atoms with van der Waals surface area (Å²) in [6.07, 6.45) is 3.37. The first-order chi connectivity index (χ1) is 14.9. The van der Waals surface area contributed by atoms with E-state index in [9.17, 15) is 13.2 Å². The highest BCUT2D eigenvalue weighted by molar-refractivity contribution is 7.88. The first-order valence-electron chi connectivity index (χ1n) is 10.1. The third kappa shape index (κ3) is 5.15. The molecule has 0 fully saturated rings. The number of anilines is 1. The minimum Gasteiger partial charge on any atom is -0.467 e. The van der Waals surface area contributed by atoms with Crippen molar-refractivity contribution in [2.45, 2.75) is 26.1 Å². The molecule has 0 radical (unpaired) electrons. The van der Waals surface area contributed by atoms with Crippen LogP contribution >= 0.6 is 0 Å². The molecule has 7 nitrogen and oxygen atoms in total. The molecule has 4 rings (SSSR count). The van der Waals surface area contributed by atoms with Gasteiger partial charge in [0.05, 0.1) is 19.1 Å². The lowest BCUT2D eigenvalue weighted by Crippen LogP contribution is -2.37. The number of rotatable bonds is 6. The average molecular weight is 440 g/mol. The molecule has 1 aliphatic heterocycles. The largest absolute Gasteiger partial charge is 0.467 e. The number of carbonyl (C=O) groups excluding carboxylic acids is 1. The maximum Gasteiger partial charge on any atom is 0.322 e. The highest BCUT2D eigenvalue weighted by Gasteiger charge is 2.25. The van der Waals surface area contributed by atoms with Crippen LogP contribution in [0.2, 0.25) is 0 Å². The van der Waals surface area contributed by atoms with Crippen LogP contribution in [0.3, 0.4) is 0 Å². The molecule has 0 unspecified atom stereocenters. The Morgan fingerprint density at radius 3 is 2.58 bits per heavy atom. The van der Waals surface area contributed by atoms with Crippen LogP contribution in [0.1, 0.15) is 22.5 Å². The van der Waals surface area contributed by atoms with Crippen LogP contribution < -0.4 is 5.32 Å². The van der Waals surface area contributed by atoms with E-state index in [2.05, 4.69) is 5.32 Å². The van der Waals surface area contributed by atoms with E-state index in [1.165, 1.54) is 10.6 Å². The fourth-order valence-electron chi connectivity index (χ4n) is 3.77.